The van der Waals surface area contributed by atoms with Crippen LogP contribution in [0.1, 0.15) is 50.0 Å². The molecule has 1 unspecified atom stereocenters. The van der Waals surface area contributed by atoms with E-state index in [1.54, 1.807) is 13.2 Å². The van der Waals surface area contributed by atoms with Gasteiger partial charge >= 0.3 is 0 Å². The number of hydrogen-bond acceptors (Lipinski definition) is 6. The van der Waals surface area contributed by atoms with E-state index in [1.807, 2.05) is 83.2 Å². The van der Waals surface area contributed by atoms with E-state index < -0.39 is 5.91 Å². The zero-order valence-corrected chi connectivity index (χ0v) is 25.1. The summed E-state index contributed by atoms with van der Waals surface area (Å²) < 4.78 is 19.9. The van der Waals surface area contributed by atoms with Crippen molar-refractivity contribution in [1.29, 1.82) is 0 Å². The third-order valence-electron chi connectivity index (χ3n) is 8.59. The molecule has 1 atom stereocenters. The van der Waals surface area contributed by atoms with Crippen molar-refractivity contribution in [3.05, 3.63) is 113 Å². The van der Waals surface area contributed by atoms with Crippen LogP contribution in [0.2, 0.25) is 0 Å². The topological polar surface area (TPSA) is 102 Å². The van der Waals surface area contributed by atoms with Crippen LogP contribution in [0.3, 0.4) is 0 Å². The Bertz CT molecular complexity index is 1950. The van der Waals surface area contributed by atoms with Gasteiger partial charge in [0, 0.05) is 31.0 Å². The largest absolute Gasteiger partial charge is 0.507 e. The number of aryl methyl sites for hydroxylation is 1. The fourth-order valence-electron chi connectivity index (χ4n) is 6.31. The van der Waals surface area contributed by atoms with Gasteiger partial charge in [0.1, 0.15) is 22.9 Å². The number of methoxy groups -OCH3 is 1. The summed E-state index contributed by atoms with van der Waals surface area (Å²) in [6.07, 6.45) is 1.15. The zero-order valence-electron chi connectivity index (χ0n) is 25.1. The Balaban J connectivity index is 1.34. The highest BCUT2D eigenvalue weighted by Crippen LogP contribution is 2.41. The summed E-state index contributed by atoms with van der Waals surface area (Å²) in [4.78, 5) is 29.1. The van der Waals surface area contributed by atoms with Crippen molar-refractivity contribution < 1.29 is 28.9 Å². The second-order valence-corrected chi connectivity index (χ2v) is 11.3. The maximum absolute atomic E-state index is 14.4. The van der Waals surface area contributed by atoms with Crippen molar-refractivity contribution >= 4 is 22.7 Å². The number of nitrogens with one attached hydrogen (secondary N) is 1. The molecule has 45 heavy (non-hydrogen) atoms. The molecule has 0 saturated heterocycles. The van der Waals surface area contributed by atoms with Crippen LogP contribution in [-0.2, 0) is 13.5 Å². The molecule has 0 fully saturated rings. The van der Waals surface area contributed by atoms with E-state index >= 15 is 0 Å². The van der Waals surface area contributed by atoms with Crippen LogP contribution in [0.15, 0.2) is 84.9 Å². The van der Waals surface area contributed by atoms with Gasteiger partial charge in [-0.2, -0.15) is 0 Å². The highest BCUT2D eigenvalue weighted by atomic mass is 16.5. The number of ether oxygens (including phenoxy) is 3. The Hall–Kier alpha value is -5.44. The first-order chi connectivity index (χ1) is 21.9. The van der Waals surface area contributed by atoms with Gasteiger partial charge in [-0.15, -0.1) is 0 Å². The summed E-state index contributed by atoms with van der Waals surface area (Å²) in [6, 6.07) is 25.8. The van der Waals surface area contributed by atoms with E-state index in [2.05, 4.69) is 5.32 Å². The molecule has 9 nitrogen and oxygen atoms in total. The van der Waals surface area contributed by atoms with E-state index in [0.29, 0.717) is 61.2 Å². The van der Waals surface area contributed by atoms with Gasteiger partial charge in [-0.1, -0.05) is 30.3 Å². The standard InChI is InChI=1S/C36H33N3O6/c1-38-29-7-4-3-6-23(29)19-30(38)36(42)39-16-14-22-18-25-9-11-27(22)34(39)24-8-13-32(43-2)33(20-24)44-17-5-15-37-35(41)28-21-26(45-25)10-12-31(28)40/h3-4,6-13,18-21,34,40H,5,14-17H2,1-2H3,(H,37,41). The molecule has 0 spiro atoms. The average Bonchev–Trinajstić information content (AvgIpc) is 3.40. The molecule has 4 aromatic carbocycles. The molecular weight excluding hydrogens is 570 g/mol. The summed E-state index contributed by atoms with van der Waals surface area (Å²) in [5.41, 5.74) is 4.68. The number of nitrogens with zero attached hydrogens (tertiary/aromatic N) is 2. The van der Waals surface area contributed by atoms with Crippen LogP contribution >= 0.6 is 0 Å². The number of phenols is 1. The second kappa shape index (κ2) is 11.6. The summed E-state index contributed by atoms with van der Waals surface area (Å²) >= 11 is 0. The van der Waals surface area contributed by atoms with Crippen LogP contribution in [-0.4, -0.2) is 53.2 Å². The molecule has 8 rings (SSSR count). The van der Waals surface area contributed by atoms with Crippen LogP contribution in [0.25, 0.3) is 10.9 Å². The highest BCUT2D eigenvalue weighted by Gasteiger charge is 2.35. The normalized spacial score (nSPS) is 16.3. The van der Waals surface area contributed by atoms with Gasteiger partial charge < -0.3 is 34.1 Å². The number of phenolic OH excluding ortho intramolecular Hbond substituents is 1. The summed E-state index contributed by atoms with van der Waals surface area (Å²) in [7, 11) is 3.52. The van der Waals surface area contributed by atoms with Crippen molar-refractivity contribution in [2.24, 2.45) is 7.05 Å². The molecule has 2 amide bonds. The van der Waals surface area contributed by atoms with Crippen LogP contribution < -0.4 is 19.5 Å². The lowest BCUT2D eigenvalue weighted by molar-refractivity contribution is 0.0684. The van der Waals surface area contributed by atoms with E-state index in [1.165, 1.54) is 12.1 Å². The highest BCUT2D eigenvalue weighted by molar-refractivity contribution is 5.99. The maximum Gasteiger partial charge on any atom is 0.271 e. The molecule has 3 aliphatic rings. The number of hydrogen-bond donors (Lipinski definition) is 2. The molecule has 2 N–H and O–H groups in total. The second-order valence-electron chi connectivity index (χ2n) is 11.3. The van der Waals surface area contributed by atoms with Gasteiger partial charge in [-0.05, 0) is 84.1 Å². The summed E-state index contributed by atoms with van der Waals surface area (Å²) in [5.74, 6) is 1.57. The fourth-order valence-corrected chi connectivity index (χ4v) is 6.31. The van der Waals surface area contributed by atoms with Gasteiger partial charge in [0.2, 0.25) is 0 Å². The predicted octanol–water partition coefficient (Wildman–Crippen LogP) is 5.99. The average molecular weight is 604 g/mol. The number of para-hydroxylation sites is 1. The lowest BCUT2D eigenvalue weighted by Gasteiger charge is -2.38. The number of benzene rings is 4. The molecule has 1 aromatic heterocycles. The van der Waals surface area contributed by atoms with Crippen molar-refractivity contribution in [1.82, 2.24) is 14.8 Å². The molecule has 3 aliphatic heterocycles. The van der Waals surface area contributed by atoms with Crippen molar-refractivity contribution in [2.45, 2.75) is 18.9 Å². The Morgan fingerprint density at radius 3 is 2.67 bits per heavy atom. The molecule has 228 valence electrons. The Morgan fingerprint density at radius 1 is 1.00 bits per heavy atom. The first-order valence-electron chi connectivity index (χ1n) is 15.0. The lowest BCUT2D eigenvalue weighted by atomic mass is 9.87. The number of rotatable bonds is 2. The van der Waals surface area contributed by atoms with Crippen molar-refractivity contribution in [3.63, 3.8) is 0 Å². The number of fused-ring (bicyclic) bond motifs is 7. The van der Waals surface area contributed by atoms with Crippen LogP contribution in [0.4, 0.5) is 0 Å². The monoisotopic (exact) mass is 603 g/mol. The number of aromatic hydroxyl groups is 1. The van der Waals surface area contributed by atoms with Crippen LogP contribution in [0.5, 0.6) is 28.7 Å². The molecule has 8 bridgehead atoms. The minimum Gasteiger partial charge on any atom is -0.507 e. The number of carbonyl (C=O) groups excluding carboxylic acids is 2. The Kier molecular flexibility index (Phi) is 7.29. The molecule has 0 radical (unpaired) electrons. The Labute approximate surface area is 260 Å². The summed E-state index contributed by atoms with van der Waals surface area (Å²) in [5, 5.41) is 14.2. The SMILES string of the molecule is COc1ccc2cc1OCCCNC(=O)c1cc(ccc1O)Oc1ccc3c(c1)CCN(C(=O)c1cc4ccccc4n1C)C23. The maximum atomic E-state index is 14.4. The van der Waals surface area contributed by atoms with Gasteiger partial charge in [-0.25, -0.2) is 0 Å². The molecule has 4 heterocycles. The smallest absolute Gasteiger partial charge is 0.271 e. The zero-order chi connectivity index (χ0) is 31.1. The van der Waals surface area contributed by atoms with Crippen molar-refractivity contribution in [3.8, 4) is 28.7 Å². The van der Waals surface area contributed by atoms with Crippen LogP contribution in [0, 0.1) is 0 Å². The van der Waals surface area contributed by atoms with E-state index in [9.17, 15) is 14.7 Å². The quantitative estimate of drug-likeness (QED) is 0.257. The van der Waals surface area contributed by atoms with E-state index in [-0.39, 0.29) is 23.3 Å². The molecule has 9 heteroatoms. The first-order valence-corrected chi connectivity index (χ1v) is 15.0. The Morgan fingerprint density at radius 2 is 1.82 bits per heavy atom. The molecule has 5 aromatic rings. The molecule has 0 aliphatic carbocycles. The predicted molar refractivity (Wildman–Crippen MR) is 170 cm³/mol. The summed E-state index contributed by atoms with van der Waals surface area (Å²) in [6.45, 7) is 1.15. The van der Waals surface area contributed by atoms with E-state index in [4.69, 9.17) is 14.2 Å². The molecular formula is C36H33N3O6. The lowest BCUT2D eigenvalue weighted by Crippen LogP contribution is -2.41. The van der Waals surface area contributed by atoms with E-state index in [0.717, 1.165) is 27.6 Å². The number of carbonyl (C=O) groups is 2. The minimum atomic E-state index is -0.400. The first kappa shape index (κ1) is 28.3. The number of aromatic nitrogens is 1. The van der Waals surface area contributed by atoms with Gasteiger partial charge in [0.15, 0.2) is 11.5 Å². The van der Waals surface area contributed by atoms with Gasteiger partial charge in [0.05, 0.1) is 25.3 Å². The molecule has 0 saturated carbocycles. The van der Waals surface area contributed by atoms with Gasteiger partial charge in [0.25, 0.3) is 11.8 Å². The third-order valence-corrected chi connectivity index (χ3v) is 8.59. The minimum absolute atomic E-state index is 0.0579. The van der Waals surface area contributed by atoms with Gasteiger partial charge in [-0.3, -0.25) is 9.59 Å². The number of amides is 2. The van der Waals surface area contributed by atoms with Crippen molar-refractivity contribution in [2.75, 3.05) is 26.8 Å². The third kappa shape index (κ3) is 5.20. The fraction of sp³-hybridized carbons (Fsp3) is 0.222.